The molecule has 28 heavy (non-hydrogen) atoms. The predicted octanol–water partition coefficient (Wildman–Crippen LogP) is 4.54. The van der Waals surface area contributed by atoms with Crippen molar-refractivity contribution in [1.29, 1.82) is 0 Å². The molecule has 2 aliphatic rings. The fraction of sp³-hybridized carbons (Fsp3) is 0.636. The Morgan fingerprint density at radius 1 is 1.11 bits per heavy atom. The first-order chi connectivity index (χ1) is 13.0. The second kappa shape index (κ2) is 7.90. The third-order valence-electron chi connectivity index (χ3n) is 5.87. The van der Waals surface area contributed by atoms with Gasteiger partial charge >= 0.3 is 0 Å². The van der Waals surface area contributed by atoms with Gasteiger partial charge in [-0.05, 0) is 72.4 Å². The first-order valence-electron chi connectivity index (χ1n) is 9.99. The van der Waals surface area contributed by atoms with Gasteiger partial charge in [0.1, 0.15) is 0 Å². The highest BCUT2D eigenvalue weighted by Crippen LogP contribution is 2.47. The van der Waals surface area contributed by atoms with E-state index in [2.05, 4.69) is 20.8 Å². The first kappa shape index (κ1) is 21.5. The molecule has 0 aliphatic carbocycles. The minimum absolute atomic E-state index is 0.0341. The average molecular weight is 409 g/mol. The normalized spacial score (nSPS) is 29.0. The second-order valence-corrected chi connectivity index (χ2v) is 10.4. The number of ether oxygens (including phenoxy) is 2. The minimum Gasteiger partial charge on any atom is -0.367 e. The topological polar surface area (TPSA) is 68.4 Å². The van der Waals surface area contributed by atoms with E-state index in [0.717, 1.165) is 36.8 Å². The van der Waals surface area contributed by atoms with Crippen molar-refractivity contribution in [2.45, 2.75) is 88.6 Å². The maximum Gasteiger partial charge on any atom is 0.297 e. The molecule has 3 rings (SSSR count). The van der Waals surface area contributed by atoms with Crippen molar-refractivity contribution in [3.63, 3.8) is 0 Å². The van der Waals surface area contributed by atoms with Crippen molar-refractivity contribution >= 4 is 10.1 Å². The van der Waals surface area contributed by atoms with E-state index in [9.17, 15) is 8.42 Å². The lowest BCUT2D eigenvalue weighted by Gasteiger charge is -2.06. The van der Waals surface area contributed by atoms with Crippen LogP contribution in [0.15, 0.2) is 40.8 Å². The summed E-state index contributed by atoms with van der Waals surface area (Å²) in [4.78, 5) is 0.189. The van der Waals surface area contributed by atoms with Crippen molar-refractivity contribution in [3.8, 4) is 0 Å². The van der Waals surface area contributed by atoms with Crippen LogP contribution in [0.2, 0.25) is 0 Å². The van der Waals surface area contributed by atoms with E-state index in [1.54, 1.807) is 24.3 Å². The lowest BCUT2D eigenvalue weighted by atomic mass is 9.94. The van der Waals surface area contributed by atoms with Crippen LogP contribution in [0, 0.1) is 6.92 Å². The van der Waals surface area contributed by atoms with Crippen molar-refractivity contribution < 1.29 is 22.1 Å². The molecule has 0 bridgehead atoms. The molecule has 1 aromatic carbocycles. The van der Waals surface area contributed by atoms with E-state index in [-0.39, 0.29) is 28.8 Å². The monoisotopic (exact) mass is 408 g/mol. The van der Waals surface area contributed by atoms with Crippen LogP contribution in [0.3, 0.4) is 0 Å². The third-order valence-corrected chi connectivity index (χ3v) is 7.16. The SMILES string of the molecule is C/C(=C\COS(=O)(=O)c1ccc(C)cc1)CC[C@H]1O[C@]1(C)CC[C@H]1OC1(C)C. The fourth-order valence-electron chi connectivity index (χ4n) is 3.53. The summed E-state index contributed by atoms with van der Waals surface area (Å²) in [6.45, 7) is 10.4. The van der Waals surface area contributed by atoms with Gasteiger partial charge in [0.25, 0.3) is 10.1 Å². The Morgan fingerprint density at radius 2 is 1.75 bits per heavy atom. The third kappa shape index (κ3) is 5.44. The number of benzene rings is 1. The van der Waals surface area contributed by atoms with Gasteiger partial charge in [0, 0.05) is 0 Å². The molecule has 156 valence electrons. The molecular formula is C22H32O5S. The molecule has 0 aromatic heterocycles. The van der Waals surface area contributed by atoms with E-state index < -0.39 is 10.1 Å². The Labute approximate surface area is 169 Å². The average Bonchev–Trinajstić information content (AvgIpc) is 3.46. The van der Waals surface area contributed by atoms with Crippen LogP contribution in [-0.4, -0.2) is 38.4 Å². The van der Waals surface area contributed by atoms with Crippen molar-refractivity contribution in [2.75, 3.05) is 6.61 Å². The number of epoxide rings is 2. The van der Waals surface area contributed by atoms with Crippen LogP contribution in [0.5, 0.6) is 0 Å². The number of hydrogen-bond donors (Lipinski definition) is 0. The summed E-state index contributed by atoms with van der Waals surface area (Å²) in [6, 6.07) is 6.67. The number of hydrogen-bond acceptors (Lipinski definition) is 5. The summed E-state index contributed by atoms with van der Waals surface area (Å²) in [6.07, 6.45) is 6.36. The Hall–Kier alpha value is -1.21. The van der Waals surface area contributed by atoms with Gasteiger partial charge in [-0.3, -0.25) is 4.18 Å². The minimum atomic E-state index is -3.71. The van der Waals surface area contributed by atoms with E-state index in [1.165, 1.54) is 0 Å². The van der Waals surface area contributed by atoms with Crippen LogP contribution in [0.25, 0.3) is 0 Å². The molecule has 0 unspecified atom stereocenters. The van der Waals surface area contributed by atoms with Gasteiger partial charge in [-0.2, -0.15) is 8.42 Å². The molecule has 0 amide bonds. The fourth-order valence-corrected chi connectivity index (χ4v) is 4.38. The molecule has 0 spiro atoms. The van der Waals surface area contributed by atoms with Gasteiger partial charge in [-0.1, -0.05) is 29.3 Å². The summed E-state index contributed by atoms with van der Waals surface area (Å²) < 4.78 is 41.1. The molecule has 0 N–H and O–H groups in total. The summed E-state index contributed by atoms with van der Waals surface area (Å²) in [5.74, 6) is 0. The zero-order valence-electron chi connectivity index (χ0n) is 17.5. The Morgan fingerprint density at radius 3 is 2.36 bits per heavy atom. The van der Waals surface area contributed by atoms with Crippen LogP contribution in [0.1, 0.15) is 58.9 Å². The molecule has 5 nitrogen and oxygen atoms in total. The van der Waals surface area contributed by atoms with E-state index >= 15 is 0 Å². The van der Waals surface area contributed by atoms with Gasteiger partial charge in [0.2, 0.25) is 0 Å². The highest BCUT2D eigenvalue weighted by Gasteiger charge is 2.54. The smallest absolute Gasteiger partial charge is 0.297 e. The van der Waals surface area contributed by atoms with Gasteiger partial charge in [-0.15, -0.1) is 0 Å². The van der Waals surface area contributed by atoms with Crippen LogP contribution < -0.4 is 0 Å². The molecule has 2 saturated heterocycles. The lowest BCUT2D eigenvalue weighted by Crippen LogP contribution is -2.13. The quantitative estimate of drug-likeness (QED) is 0.323. The zero-order valence-corrected chi connectivity index (χ0v) is 18.3. The highest BCUT2D eigenvalue weighted by molar-refractivity contribution is 7.86. The largest absolute Gasteiger partial charge is 0.367 e. The van der Waals surface area contributed by atoms with Gasteiger partial charge in [0.15, 0.2) is 0 Å². The molecule has 0 radical (unpaired) electrons. The summed E-state index contributed by atoms with van der Waals surface area (Å²) in [5, 5.41) is 0. The standard InChI is InChI=1S/C22H32O5S/c1-16-6-9-18(10-7-16)28(23,24)25-15-13-17(2)8-11-20-22(5,27-20)14-12-19-21(3,4)26-19/h6-7,9-10,13,19-20H,8,11-12,14-15H2,1-5H3/b17-13+/t19-,20-,22-/m1/s1. The number of allylic oxidation sites excluding steroid dienone is 1. The van der Waals surface area contributed by atoms with E-state index in [0.29, 0.717) is 6.10 Å². The zero-order chi connectivity index (χ0) is 20.6. The summed E-state index contributed by atoms with van der Waals surface area (Å²) in [7, 11) is -3.71. The summed E-state index contributed by atoms with van der Waals surface area (Å²) in [5.41, 5.74) is 2.13. The maximum atomic E-state index is 12.2. The van der Waals surface area contributed by atoms with Crippen LogP contribution in [-0.2, 0) is 23.8 Å². The number of aryl methyl sites for hydroxylation is 1. The lowest BCUT2D eigenvalue weighted by molar-refractivity contribution is 0.274. The second-order valence-electron chi connectivity index (χ2n) is 8.81. The molecule has 2 heterocycles. The van der Waals surface area contributed by atoms with E-state index in [4.69, 9.17) is 13.7 Å². The van der Waals surface area contributed by atoms with Gasteiger partial charge in [0.05, 0.1) is 34.9 Å². The molecular weight excluding hydrogens is 376 g/mol. The molecule has 2 aliphatic heterocycles. The first-order valence-corrected chi connectivity index (χ1v) is 11.4. The Balaban J connectivity index is 1.37. The maximum absolute atomic E-state index is 12.2. The van der Waals surface area contributed by atoms with Gasteiger partial charge in [-0.25, -0.2) is 0 Å². The molecule has 6 heteroatoms. The van der Waals surface area contributed by atoms with E-state index in [1.807, 2.05) is 19.9 Å². The molecule has 2 fully saturated rings. The molecule has 0 saturated carbocycles. The Bertz CT molecular complexity index is 825. The summed E-state index contributed by atoms with van der Waals surface area (Å²) >= 11 is 0. The highest BCUT2D eigenvalue weighted by atomic mass is 32.2. The Kier molecular flexibility index (Phi) is 6.07. The van der Waals surface area contributed by atoms with Crippen molar-refractivity contribution in [2.24, 2.45) is 0 Å². The van der Waals surface area contributed by atoms with Crippen molar-refractivity contribution in [3.05, 3.63) is 41.5 Å². The molecule has 3 atom stereocenters. The number of rotatable bonds is 10. The predicted molar refractivity (Wildman–Crippen MR) is 109 cm³/mol. The van der Waals surface area contributed by atoms with Crippen molar-refractivity contribution in [1.82, 2.24) is 0 Å². The van der Waals surface area contributed by atoms with Gasteiger partial charge < -0.3 is 9.47 Å². The van der Waals surface area contributed by atoms with Crippen LogP contribution >= 0.6 is 0 Å². The van der Waals surface area contributed by atoms with Crippen LogP contribution in [0.4, 0.5) is 0 Å². The molecule has 1 aromatic rings.